The first-order chi connectivity index (χ1) is 30.3. The number of piperidine rings is 2. The molecule has 8 rings (SSSR count). The highest BCUT2D eigenvalue weighted by atomic mass is 32.2. The summed E-state index contributed by atoms with van der Waals surface area (Å²) in [6, 6.07) is 41.8. The molecule has 3 atom stereocenters. The van der Waals surface area contributed by atoms with Gasteiger partial charge in [0.2, 0.25) is 20.0 Å². The first-order valence-electron chi connectivity index (χ1n) is 21.9. The molecule has 63 heavy (non-hydrogen) atoms. The van der Waals surface area contributed by atoms with Gasteiger partial charge in [-0.05, 0) is 110 Å². The number of carboxylic acid groups (broad SMARTS) is 1. The van der Waals surface area contributed by atoms with Crippen LogP contribution in [0.5, 0.6) is 5.75 Å². The van der Waals surface area contributed by atoms with Gasteiger partial charge < -0.3 is 14.6 Å². The van der Waals surface area contributed by atoms with Crippen molar-refractivity contribution in [2.24, 2.45) is 17.3 Å². The molecule has 0 saturated carbocycles. The van der Waals surface area contributed by atoms with E-state index in [2.05, 4.69) is 18.7 Å². The normalized spacial score (nSPS) is 21.2. The zero-order valence-electron chi connectivity index (χ0n) is 35.7. The highest BCUT2D eigenvalue weighted by Gasteiger charge is 2.52. The van der Waals surface area contributed by atoms with E-state index in [4.69, 9.17) is 9.47 Å². The SMILES string of the molecule is C=C(C)[C@@H]1CC2(CCN(S(=O)(=O)c3ccc(-c4ccccc4)cc3)CC2)[C@@H](Cc2ccccc2)O[C@H]1c1cc(S(=O)(=O)N2CCC(Cc3ccccc3)CC2)ccc1OCC(=O)O. The molecule has 3 aliphatic heterocycles. The fraction of sp³-hybridized carbons (Fsp3) is 0.353. The van der Waals surface area contributed by atoms with Gasteiger partial charge in [-0.1, -0.05) is 115 Å². The van der Waals surface area contributed by atoms with Crippen molar-refractivity contribution in [1.29, 1.82) is 0 Å². The Kier molecular flexibility index (Phi) is 13.4. The molecule has 0 unspecified atom stereocenters. The number of benzene rings is 5. The minimum atomic E-state index is -3.93. The molecule has 3 saturated heterocycles. The number of hydrogen-bond acceptors (Lipinski definition) is 7. The second-order valence-corrected chi connectivity index (χ2v) is 21.3. The molecule has 3 heterocycles. The Balaban J connectivity index is 1.07. The topological polar surface area (TPSA) is 131 Å². The number of nitrogens with zero attached hydrogens (tertiary/aromatic N) is 2. The van der Waals surface area contributed by atoms with E-state index in [1.165, 1.54) is 11.6 Å². The molecule has 330 valence electrons. The molecule has 3 aliphatic rings. The van der Waals surface area contributed by atoms with Gasteiger partial charge in [-0.3, -0.25) is 0 Å². The highest BCUT2D eigenvalue weighted by molar-refractivity contribution is 7.89. The molecule has 0 aliphatic carbocycles. The van der Waals surface area contributed by atoms with Crippen LogP contribution in [-0.4, -0.2) is 75.4 Å². The second kappa shape index (κ2) is 18.9. The van der Waals surface area contributed by atoms with E-state index in [1.807, 2.05) is 97.9 Å². The zero-order chi connectivity index (χ0) is 44.2. The minimum Gasteiger partial charge on any atom is -0.482 e. The third-order valence-corrected chi connectivity index (χ3v) is 17.2. The lowest BCUT2D eigenvalue weighted by Crippen LogP contribution is -2.53. The average molecular weight is 889 g/mol. The molecule has 3 fully saturated rings. The van der Waals surface area contributed by atoms with Crippen LogP contribution in [0, 0.1) is 17.3 Å². The van der Waals surface area contributed by atoms with Crippen LogP contribution in [0.15, 0.2) is 155 Å². The Hall–Kier alpha value is -5.11. The van der Waals surface area contributed by atoms with Crippen LogP contribution in [0.3, 0.4) is 0 Å². The molecule has 1 spiro atoms. The maximum absolute atomic E-state index is 14.4. The van der Waals surface area contributed by atoms with Crippen molar-refractivity contribution >= 4 is 26.0 Å². The summed E-state index contributed by atoms with van der Waals surface area (Å²) >= 11 is 0. The van der Waals surface area contributed by atoms with E-state index in [1.54, 1.807) is 32.9 Å². The molecular weight excluding hydrogens is 833 g/mol. The van der Waals surface area contributed by atoms with Gasteiger partial charge in [0.25, 0.3) is 0 Å². The Labute approximate surface area is 372 Å². The lowest BCUT2D eigenvalue weighted by atomic mass is 9.63. The predicted molar refractivity (Wildman–Crippen MR) is 244 cm³/mol. The third-order valence-electron chi connectivity index (χ3n) is 13.4. The zero-order valence-corrected chi connectivity index (χ0v) is 37.4. The molecular formula is C51H56N2O8S2. The standard InChI is InChI=1S/C51H56N2O8S2/c1-37(2)46-35-51(26-30-53(31-27-51)62(56,57)43-20-18-42(19-21-43)41-16-10-5-11-17-41)48(33-39-14-8-4-9-15-39)61-50(46)45-34-44(22-23-47(45)60-36-49(54)55)63(58,59)52-28-24-40(25-29-52)32-38-12-6-3-7-13-38/h3-23,34,40,46,48,50H,1,24-33,35-36H2,2H3,(H,54,55)/t46-,48+,50-/m0/s1. The average Bonchev–Trinajstić information content (AvgIpc) is 3.30. The number of aliphatic carboxylic acids is 1. The van der Waals surface area contributed by atoms with Gasteiger partial charge in [0.15, 0.2) is 6.61 Å². The van der Waals surface area contributed by atoms with Crippen LogP contribution in [0.4, 0.5) is 0 Å². The Morgan fingerprint density at radius 1 is 0.714 bits per heavy atom. The van der Waals surface area contributed by atoms with Crippen molar-refractivity contribution in [1.82, 2.24) is 8.61 Å². The molecule has 12 heteroatoms. The minimum absolute atomic E-state index is 0.0981. The Morgan fingerprint density at radius 3 is 1.83 bits per heavy atom. The van der Waals surface area contributed by atoms with E-state index < -0.39 is 50.2 Å². The molecule has 0 aromatic heterocycles. The first kappa shape index (κ1) is 44.5. The Bertz CT molecular complexity index is 2590. The van der Waals surface area contributed by atoms with Crippen LogP contribution in [-0.2, 0) is 42.4 Å². The van der Waals surface area contributed by atoms with E-state index >= 15 is 0 Å². The molecule has 5 aromatic rings. The summed E-state index contributed by atoms with van der Waals surface area (Å²) in [5, 5.41) is 9.65. The van der Waals surface area contributed by atoms with Gasteiger partial charge in [-0.15, -0.1) is 0 Å². The summed E-state index contributed by atoms with van der Waals surface area (Å²) in [6.07, 6.45) is 3.49. The van der Waals surface area contributed by atoms with E-state index in [-0.39, 0.29) is 21.5 Å². The number of carboxylic acids is 1. The lowest BCUT2D eigenvalue weighted by Gasteiger charge is -2.53. The van der Waals surface area contributed by atoms with Crippen LogP contribution in [0.1, 0.15) is 61.8 Å². The fourth-order valence-corrected chi connectivity index (χ4v) is 12.8. The van der Waals surface area contributed by atoms with Crippen molar-refractivity contribution in [3.8, 4) is 16.9 Å². The monoisotopic (exact) mass is 888 g/mol. The number of rotatable bonds is 14. The summed E-state index contributed by atoms with van der Waals surface area (Å²) in [4.78, 5) is 12.2. The third kappa shape index (κ3) is 9.85. The second-order valence-electron chi connectivity index (χ2n) is 17.5. The number of ether oxygens (including phenoxy) is 2. The number of hydrogen-bond donors (Lipinski definition) is 1. The van der Waals surface area contributed by atoms with Crippen molar-refractivity contribution in [3.05, 3.63) is 162 Å². The summed E-state index contributed by atoms with van der Waals surface area (Å²) in [6.45, 7) is 7.11. The van der Waals surface area contributed by atoms with Gasteiger partial charge in [0, 0.05) is 43.1 Å². The summed E-state index contributed by atoms with van der Waals surface area (Å²) in [7, 11) is -7.72. The van der Waals surface area contributed by atoms with Crippen LogP contribution >= 0.6 is 0 Å². The number of carbonyl (C=O) groups is 1. The summed E-state index contributed by atoms with van der Waals surface area (Å²) < 4.78 is 73.3. The van der Waals surface area contributed by atoms with Crippen molar-refractivity contribution in [2.45, 2.75) is 73.9 Å². The van der Waals surface area contributed by atoms with E-state index in [0.717, 1.165) is 41.5 Å². The van der Waals surface area contributed by atoms with Gasteiger partial charge in [-0.2, -0.15) is 8.61 Å². The molecule has 0 bridgehead atoms. The molecule has 5 aromatic carbocycles. The van der Waals surface area contributed by atoms with Crippen molar-refractivity contribution in [2.75, 3.05) is 32.8 Å². The highest BCUT2D eigenvalue weighted by Crippen LogP contribution is 2.55. The van der Waals surface area contributed by atoms with Crippen LogP contribution < -0.4 is 4.74 Å². The Morgan fingerprint density at radius 2 is 1.24 bits per heavy atom. The molecule has 1 N–H and O–H groups in total. The van der Waals surface area contributed by atoms with Gasteiger partial charge in [0.1, 0.15) is 5.75 Å². The van der Waals surface area contributed by atoms with E-state index in [0.29, 0.717) is 63.3 Å². The molecule has 0 radical (unpaired) electrons. The fourth-order valence-electron chi connectivity index (χ4n) is 9.84. The summed E-state index contributed by atoms with van der Waals surface area (Å²) in [5.74, 6) is -0.861. The largest absolute Gasteiger partial charge is 0.482 e. The maximum Gasteiger partial charge on any atom is 0.341 e. The maximum atomic E-state index is 14.4. The molecule has 0 amide bonds. The molecule has 10 nitrogen and oxygen atoms in total. The number of sulfonamides is 2. The first-order valence-corrected chi connectivity index (χ1v) is 24.7. The predicted octanol–water partition coefficient (Wildman–Crippen LogP) is 9.20. The van der Waals surface area contributed by atoms with E-state index in [9.17, 15) is 26.7 Å². The lowest BCUT2D eigenvalue weighted by molar-refractivity contribution is -0.166. The van der Waals surface area contributed by atoms with Crippen LogP contribution in [0.2, 0.25) is 0 Å². The van der Waals surface area contributed by atoms with Crippen molar-refractivity contribution < 1.29 is 36.2 Å². The smallest absolute Gasteiger partial charge is 0.341 e. The van der Waals surface area contributed by atoms with Crippen molar-refractivity contribution in [3.63, 3.8) is 0 Å². The quantitative estimate of drug-likeness (QED) is 0.109. The summed E-state index contributed by atoms with van der Waals surface area (Å²) in [5.41, 5.74) is 5.08. The van der Waals surface area contributed by atoms with Gasteiger partial charge in [0.05, 0.1) is 22.0 Å². The van der Waals surface area contributed by atoms with Crippen LogP contribution in [0.25, 0.3) is 11.1 Å². The van der Waals surface area contributed by atoms with Gasteiger partial charge in [-0.25, -0.2) is 21.6 Å². The van der Waals surface area contributed by atoms with Gasteiger partial charge >= 0.3 is 5.97 Å².